The molecule has 2 heterocycles. The molecule has 1 saturated heterocycles. The molecule has 0 aromatic heterocycles. The molecule has 0 bridgehead atoms. The topological polar surface area (TPSA) is 87.1 Å². The summed E-state index contributed by atoms with van der Waals surface area (Å²) in [6.07, 6.45) is 5.48. The Kier molecular flexibility index (Phi) is 5.87. The van der Waals surface area contributed by atoms with Crippen molar-refractivity contribution in [1.29, 1.82) is 0 Å². The van der Waals surface area contributed by atoms with Crippen molar-refractivity contribution in [1.82, 2.24) is 4.90 Å². The number of amides is 1. The summed E-state index contributed by atoms with van der Waals surface area (Å²) in [4.78, 5) is 17.2. The highest BCUT2D eigenvalue weighted by Gasteiger charge is 2.43. The van der Waals surface area contributed by atoms with Crippen LogP contribution in [0.5, 0.6) is 5.75 Å². The second kappa shape index (κ2) is 8.25. The van der Waals surface area contributed by atoms with Crippen molar-refractivity contribution < 1.29 is 22.5 Å². The smallest absolute Gasteiger partial charge is 0.271 e. The lowest BCUT2D eigenvalue weighted by molar-refractivity contribution is -0.124. The maximum atomic E-state index is 13.2. The molecule has 0 spiro atoms. The van der Waals surface area contributed by atoms with E-state index in [2.05, 4.69) is 0 Å². The molecule has 1 amide bonds. The van der Waals surface area contributed by atoms with E-state index in [9.17, 15) is 13.2 Å². The number of hydrogen-bond donors (Lipinski definition) is 1. The third kappa shape index (κ3) is 4.30. The maximum Gasteiger partial charge on any atom is 0.271 e. The van der Waals surface area contributed by atoms with Crippen LogP contribution in [0.4, 0.5) is 5.69 Å². The van der Waals surface area contributed by atoms with Gasteiger partial charge in [0.1, 0.15) is 9.23 Å². The van der Waals surface area contributed by atoms with E-state index in [0.717, 1.165) is 31.4 Å². The first-order chi connectivity index (χ1) is 13.8. The van der Waals surface area contributed by atoms with Crippen LogP contribution >= 0.6 is 24.0 Å². The minimum Gasteiger partial charge on any atom is -0.437 e. The molecule has 0 radical (unpaired) electrons. The third-order valence-corrected chi connectivity index (χ3v) is 7.50. The van der Waals surface area contributed by atoms with Gasteiger partial charge in [0.15, 0.2) is 5.75 Å². The number of benzene rings is 1. The standard InChI is InChI=1S/C19H22N2O5S3/c22-17-16(28-19(27)21(17)13-7-2-1-3-8-13)18-20(11-6-12-29(23,24)25)14-9-4-5-10-15(14)26-18/h4-5,9-10,13H,1-3,6-8,11-12H2,(H,23,24,25)/b18-16+. The van der Waals surface area contributed by atoms with Crippen LogP contribution in [0.25, 0.3) is 0 Å². The van der Waals surface area contributed by atoms with Gasteiger partial charge in [-0.3, -0.25) is 14.2 Å². The zero-order chi connectivity index (χ0) is 20.6. The molecule has 1 aromatic rings. The summed E-state index contributed by atoms with van der Waals surface area (Å²) in [5.41, 5.74) is 0.765. The molecule has 2 fully saturated rings. The number of carbonyl (C=O) groups excluding carboxylic acids is 1. The molecule has 0 unspecified atom stereocenters. The minimum atomic E-state index is -4.06. The van der Waals surface area contributed by atoms with E-state index < -0.39 is 10.1 Å². The van der Waals surface area contributed by atoms with Crippen LogP contribution in [0.3, 0.4) is 0 Å². The van der Waals surface area contributed by atoms with Crippen LogP contribution in [0.2, 0.25) is 0 Å². The fourth-order valence-electron chi connectivity index (χ4n) is 3.99. The minimum absolute atomic E-state index is 0.131. The molecular formula is C19H22N2O5S3. The number of ether oxygens (including phenoxy) is 1. The molecule has 156 valence electrons. The fraction of sp³-hybridized carbons (Fsp3) is 0.474. The van der Waals surface area contributed by atoms with Crippen molar-refractivity contribution in [3.05, 3.63) is 35.1 Å². The maximum absolute atomic E-state index is 13.2. The van der Waals surface area contributed by atoms with E-state index in [1.165, 1.54) is 18.2 Å². The highest BCUT2D eigenvalue weighted by Crippen LogP contribution is 2.45. The Morgan fingerprint density at radius 1 is 1.21 bits per heavy atom. The Morgan fingerprint density at radius 2 is 1.93 bits per heavy atom. The van der Waals surface area contributed by atoms with Gasteiger partial charge in [-0.1, -0.05) is 43.6 Å². The zero-order valence-electron chi connectivity index (χ0n) is 15.7. The number of anilines is 1. The van der Waals surface area contributed by atoms with Crippen LogP contribution in [0.1, 0.15) is 38.5 Å². The van der Waals surface area contributed by atoms with E-state index in [0.29, 0.717) is 27.4 Å². The summed E-state index contributed by atoms with van der Waals surface area (Å²) >= 11 is 6.76. The molecule has 2 aliphatic heterocycles. The van der Waals surface area contributed by atoms with Gasteiger partial charge in [-0.15, -0.1) is 0 Å². The molecule has 4 rings (SSSR count). The highest BCUT2D eigenvalue weighted by molar-refractivity contribution is 8.26. The first-order valence-corrected chi connectivity index (χ1v) is 12.5. The molecule has 1 saturated carbocycles. The highest BCUT2D eigenvalue weighted by atomic mass is 32.2. The molecule has 7 nitrogen and oxygen atoms in total. The van der Waals surface area contributed by atoms with Gasteiger partial charge in [0.25, 0.3) is 16.0 Å². The monoisotopic (exact) mass is 454 g/mol. The summed E-state index contributed by atoms with van der Waals surface area (Å²) in [5.74, 6) is 0.492. The quantitative estimate of drug-likeness (QED) is 0.411. The number of para-hydroxylation sites is 2. The Bertz CT molecular complexity index is 970. The Morgan fingerprint density at radius 3 is 2.66 bits per heavy atom. The van der Waals surface area contributed by atoms with Crippen molar-refractivity contribution in [3.8, 4) is 5.75 Å². The first-order valence-electron chi connectivity index (χ1n) is 9.64. The first kappa shape index (κ1) is 20.6. The van der Waals surface area contributed by atoms with Gasteiger partial charge in [0.2, 0.25) is 5.88 Å². The Labute approximate surface area is 179 Å². The van der Waals surface area contributed by atoms with Crippen molar-refractivity contribution in [2.75, 3.05) is 17.2 Å². The number of nitrogens with zero attached hydrogens (tertiary/aromatic N) is 2. The lowest BCUT2D eigenvalue weighted by Crippen LogP contribution is -2.40. The zero-order valence-corrected chi connectivity index (χ0v) is 18.2. The lowest BCUT2D eigenvalue weighted by Gasteiger charge is -2.30. The van der Waals surface area contributed by atoms with Crippen LogP contribution < -0.4 is 9.64 Å². The van der Waals surface area contributed by atoms with Gasteiger partial charge >= 0.3 is 0 Å². The summed E-state index contributed by atoms with van der Waals surface area (Å²) in [5, 5.41) is 0. The largest absolute Gasteiger partial charge is 0.437 e. The van der Waals surface area contributed by atoms with E-state index in [1.807, 2.05) is 18.2 Å². The Hall–Kier alpha value is -1.62. The normalized spacial score (nSPS) is 22.9. The van der Waals surface area contributed by atoms with E-state index in [1.54, 1.807) is 15.9 Å². The van der Waals surface area contributed by atoms with Gasteiger partial charge in [0, 0.05) is 12.6 Å². The molecule has 29 heavy (non-hydrogen) atoms. The second-order valence-electron chi connectivity index (χ2n) is 7.33. The second-order valence-corrected chi connectivity index (χ2v) is 10.5. The predicted octanol–water partition coefficient (Wildman–Crippen LogP) is 3.53. The van der Waals surface area contributed by atoms with Gasteiger partial charge in [-0.2, -0.15) is 8.42 Å². The summed E-state index contributed by atoms with van der Waals surface area (Å²) < 4.78 is 37.8. The third-order valence-electron chi connectivity index (χ3n) is 5.33. The molecule has 3 aliphatic rings. The average Bonchev–Trinajstić information content (AvgIpc) is 3.18. The van der Waals surface area contributed by atoms with Crippen molar-refractivity contribution in [3.63, 3.8) is 0 Å². The lowest BCUT2D eigenvalue weighted by atomic mass is 9.94. The predicted molar refractivity (Wildman–Crippen MR) is 116 cm³/mol. The molecule has 0 atom stereocenters. The molecule has 1 N–H and O–H groups in total. The van der Waals surface area contributed by atoms with E-state index in [4.69, 9.17) is 21.5 Å². The number of hydrogen-bond acceptors (Lipinski definition) is 7. The van der Waals surface area contributed by atoms with Crippen LogP contribution in [-0.2, 0) is 14.9 Å². The van der Waals surface area contributed by atoms with Gasteiger partial charge in [0.05, 0.1) is 11.4 Å². The summed E-state index contributed by atoms with van der Waals surface area (Å²) in [6.45, 7) is 0.291. The van der Waals surface area contributed by atoms with Crippen LogP contribution in [0, 0.1) is 0 Å². The SMILES string of the molecule is O=C1/C(=C2\Oc3ccccc3N2CCCS(=O)(=O)O)SC(=S)N1C1CCCCC1. The van der Waals surface area contributed by atoms with Gasteiger partial charge in [-0.25, -0.2) is 0 Å². The van der Waals surface area contributed by atoms with Gasteiger partial charge in [-0.05, 0) is 43.2 Å². The number of fused-ring (bicyclic) bond motifs is 1. The molecule has 1 aliphatic carbocycles. The molecule has 10 heteroatoms. The number of carbonyl (C=O) groups is 1. The number of rotatable bonds is 5. The summed E-state index contributed by atoms with van der Waals surface area (Å²) in [6, 6.07) is 7.49. The fourth-order valence-corrected chi connectivity index (χ4v) is 5.90. The summed E-state index contributed by atoms with van der Waals surface area (Å²) in [7, 11) is -4.06. The van der Waals surface area contributed by atoms with E-state index in [-0.39, 0.29) is 24.1 Å². The molecule has 1 aromatic carbocycles. The van der Waals surface area contributed by atoms with Gasteiger partial charge < -0.3 is 9.64 Å². The van der Waals surface area contributed by atoms with Crippen LogP contribution in [-0.4, -0.2) is 46.4 Å². The van der Waals surface area contributed by atoms with Crippen LogP contribution in [0.15, 0.2) is 35.1 Å². The number of thioether (sulfide) groups is 1. The average molecular weight is 455 g/mol. The van der Waals surface area contributed by atoms with Crippen molar-refractivity contribution in [2.24, 2.45) is 0 Å². The Balaban J connectivity index is 1.63. The van der Waals surface area contributed by atoms with E-state index >= 15 is 0 Å². The van der Waals surface area contributed by atoms with Crippen molar-refractivity contribution in [2.45, 2.75) is 44.6 Å². The van der Waals surface area contributed by atoms with Crippen molar-refractivity contribution >= 4 is 50.0 Å². The molecular weight excluding hydrogens is 432 g/mol. The number of thiocarbonyl (C=S) groups is 1.